The summed E-state index contributed by atoms with van der Waals surface area (Å²) in [4.78, 5) is 16.7. The number of rotatable bonds is 4. The fraction of sp³-hybridized carbons (Fsp3) is 0.333. The topological polar surface area (TPSA) is 50.7 Å². The zero-order valence-corrected chi connectivity index (χ0v) is 18.5. The molecule has 0 unspecified atom stereocenters. The molecule has 0 spiro atoms. The molecule has 3 rings (SSSR count). The first-order valence-corrected chi connectivity index (χ1v) is 10.8. The first-order valence-electron chi connectivity index (χ1n) is 8.93. The summed E-state index contributed by atoms with van der Waals surface area (Å²) >= 11 is 7.69. The zero-order chi connectivity index (χ0) is 19.4. The van der Waals surface area contributed by atoms with Gasteiger partial charge in [0.2, 0.25) is 0 Å². The Morgan fingerprint density at radius 3 is 2.07 bits per heavy atom. The maximum atomic E-state index is 11.6. The van der Waals surface area contributed by atoms with Gasteiger partial charge in [-0.15, -0.1) is 0 Å². The lowest BCUT2D eigenvalue weighted by molar-refractivity contribution is 0.147. The second-order valence-corrected chi connectivity index (χ2v) is 8.62. The smallest absolute Gasteiger partial charge is 0.407 e. The third-order valence-corrected chi connectivity index (χ3v) is 7.04. The Morgan fingerprint density at radius 1 is 1.04 bits per heavy atom. The number of alkyl carbamates (subject to hydrolysis) is 1. The molecule has 6 heteroatoms. The molecule has 0 radical (unpaired) electrons. The van der Waals surface area contributed by atoms with Crippen LogP contribution in [-0.2, 0) is 4.74 Å². The summed E-state index contributed by atoms with van der Waals surface area (Å²) in [6.45, 7) is 4.44. The highest BCUT2D eigenvalue weighted by molar-refractivity contribution is 9.12. The minimum absolute atomic E-state index is 0.0520. The summed E-state index contributed by atoms with van der Waals surface area (Å²) in [5, 5.41) is 2.71. The van der Waals surface area contributed by atoms with Crippen molar-refractivity contribution in [3.63, 3.8) is 0 Å². The minimum Gasteiger partial charge on any atom is -0.448 e. The van der Waals surface area contributed by atoms with E-state index in [0.717, 1.165) is 16.8 Å². The van der Waals surface area contributed by atoms with E-state index in [9.17, 15) is 4.79 Å². The Morgan fingerprint density at radius 2 is 1.56 bits per heavy atom. The number of hydrogen-bond acceptors (Lipinski definition) is 3. The molecule has 0 aromatic heterocycles. The monoisotopic (exact) mass is 492 g/mol. The second-order valence-electron chi connectivity index (χ2n) is 6.64. The number of halogens is 2. The van der Waals surface area contributed by atoms with Crippen LogP contribution in [0.25, 0.3) is 0 Å². The number of amides is 1. The summed E-state index contributed by atoms with van der Waals surface area (Å²) in [6.07, 6.45) is -0.409. The largest absolute Gasteiger partial charge is 0.448 e. The number of nitrogens with zero attached hydrogens (tertiary/aromatic N) is 1. The van der Waals surface area contributed by atoms with Gasteiger partial charge in [-0.05, 0) is 25.0 Å². The average molecular weight is 494 g/mol. The summed E-state index contributed by atoms with van der Waals surface area (Å²) < 4.78 is 5.22. The van der Waals surface area contributed by atoms with E-state index < -0.39 is 6.09 Å². The number of ether oxygens (including phenoxy) is 1. The Labute approximate surface area is 176 Å². The van der Waals surface area contributed by atoms with Crippen LogP contribution in [0.5, 0.6) is 0 Å². The molecule has 2 aromatic rings. The van der Waals surface area contributed by atoms with E-state index in [2.05, 4.69) is 61.4 Å². The summed E-state index contributed by atoms with van der Waals surface area (Å²) in [5.41, 5.74) is 5.50. The molecule has 0 fully saturated rings. The van der Waals surface area contributed by atoms with Crippen molar-refractivity contribution in [3.8, 4) is 0 Å². The van der Waals surface area contributed by atoms with Gasteiger partial charge in [-0.25, -0.2) is 4.79 Å². The molecule has 2 aromatic carbocycles. The lowest BCUT2D eigenvalue weighted by Crippen LogP contribution is -2.31. The first kappa shape index (κ1) is 20.1. The molecule has 1 aliphatic rings. The molecule has 1 amide bonds. The number of nitrogens with one attached hydrogen (secondary N) is 1. The van der Waals surface area contributed by atoms with Gasteiger partial charge in [0.25, 0.3) is 0 Å². The van der Waals surface area contributed by atoms with Crippen molar-refractivity contribution in [1.29, 1.82) is 0 Å². The van der Waals surface area contributed by atoms with Crippen molar-refractivity contribution in [3.05, 3.63) is 70.8 Å². The van der Waals surface area contributed by atoms with Crippen LogP contribution in [0.4, 0.5) is 4.79 Å². The highest BCUT2D eigenvalue weighted by Crippen LogP contribution is 2.47. The number of fused-ring (bicyclic) bond motifs is 2. The van der Waals surface area contributed by atoms with E-state index in [-0.39, 0.29) is 22.3 Å². The summed E-state index contributed by atoms with van der Waals surface area (Å²) in [7, 11) is 0. The van der Waals surface area contributed by atoms with Crippen LogP contribution in [0.3, 0.4) is 0 Å². The molecule has 2 atom stereocenters. The number of carbonyl (C=O) groups excluding carboxylic acids is 1. The molecule has 0 bridgehead atoms. The molecule has 142 valence electrons. The van der Waals surface area contributed by atoms with E-state index in [0.29, 0.717) is 6.54 Å². The quantitative estimate of drug-likeness (QED) is 0.448. The molecule has 1 N–H and O–H groups in total. The Balaban J connectivity index is 1.91. The van der Waals surface area contributed by atoms with Crippen molar-refractivity contribution in [2.24, 2.45) is 4.99 Å². The molecular weight excluding hydrogens is 472 g/mol. The molecule has 0 saturated carbocycles. The molecule has 0 saturated heterocycles. The van der Waals surface area contributed by atoms with Crippen molar-refractivity contribution in [1.82, 2.24) is 5.32 Å². The maximum Gasteiger partial charge on any atom is 0.407 e. The Hall–Kier alpha value is -1.66. The number of carbonyl (C=O) groups is 1. The molecular formula is C21H22Br2N2O2. The standard InChI is InChI=1S/C21H22Br2N2O2/c1-13(2)25-21(26)27-12-11-24-20-16-9-5-3-7-14(16)18(22)19(23)15-8-4-6-10-17(15)20/h3-10,13,18-19H,11-12H2,1-2H3,(H,25,26)/t18-,19+. The fourth-order valence-corrected chi connectivity index (χ4v) is 4.48. The van der Waals surface area contributed by atoms with Gasteiger partial charge in [-0.1, -0.05) is 80.4 Å². The van der Waals surface area contributed by atoms with Crippen LogP contribution < -0.4 is 5.32 Å². The van der Waals surface area contributed by atoms with Crippen LogP contribution >= 0.6 is 31.9 Å². The van der Waals surface area contributed by atoms with Gasteiger partial charge in [0, 0.05) is 17.2 Å². The predicted molar refractivity (Wildman–Crippen MR) is 116 cm³/mol. The average Bonchev–Trinajstić information content (AvgIpc) is 2.74. The van der Waals surface area contributed by atoms with Gasteiger partial charge in [-0.2, -0.15) is 0 Å². The first-order chi connectivity index (χ1) is 13.0. The number of hydrogen-bond donors (Lipinski definition) is 1. The third-order valence-electron chi connectivity index (χ3n) is 4.28. The predicted octanol–water partition coefficient (Wildman–Crippen LogP) is 5.54. The van der Waals surface area contributed by atoms with E-state index >= 15 is 0 Å². The van der Waals surface area contributed by atoms with E-state index in [4.69, 9.17) is 9.73 Å². The van der Waals surface area contributed by atoms with E-state index in [1.54, 1.807) is 0 Å². The van der Waals surface area contributed by atoms with Crippen LogP contribution in [0.2, 0.25) is 0 Å². The summed E-state index contributed by atoms with van der Waals surface area (Å²) in [6, 6.07) is 16.6. The van der Waals surface area contributed by atoms with Crippen molar-refractivity contribution in [2.75, 3.05) is 13.2 Å². The van der Waals surface area contributed by atoms with Gasteiger partial charge in [0.1, 0.15) is 6.61 Å². The van der Waals surface area contributed by atoms with Gasteiger partial charge >= 0.3 is 6.09 Å². The lowest BCUT2D eigenvalue weighted by atomic mass is 9.98. The molecule has 27 heavy (non-hydrogen) atoms. The molecule has 0 heterocycles. The number of benzene rings is 2. The van der Waals surface area contributed by atoms with Crippen LogP contribution in [-0.4, -0.2) is 31.0 Å². The second kappa shape index (κ2) is 9.02. The highest BCUT2D eigenvalue weighted by Gasteiger charge is 2.30. The molecule has 1 aliphatic carbocycles. The SMILES string of the molecule is CC(C)NC(=O)OCCN=C1c2ccccc2[C@@H](Br)[C@@H](Br)c2ccccc21. The lowest BCUT2D eigenvalue weighted by Gasteiger charge is -2.16. The van der Waals surface area contributed by atoms with Crippen molar-refractivity contribution in [2.45, 2.75) is 29.5 Å². The number of alkyl halides is 2. The van der Waals surface area contributed by atoms with Gasteiger partial charge in [-0.3, -0.25) is 4.99 Å². The highest BCUT2D eigenvalue weighted by atomic mass is 79.9. The van der Waals surface area contributed by atoms with Gasteiger partial charge in [0.05, 0.1) is 21.9 Å². The maximum absolute atomic E-state index is 11.6. The van der Waals surface area contributed by atoms with Crippen molar-refractivity contribution < 1.29 is 9.53 Å². The zero-order valence-electron chi connectivity index (χ0n) is 15.3. The van der Waals surface area contributed by atoms with Crippen LogP contribution in [0, 0.1) is 0 Å². The Bertz CT molecular complexity index is 798. The van der Waals surface area contributed by atoms with E-state index in [1.165, 1.54) is 11.1 Å². The van der Waals surface area contributed by atoms with Crippen LogP contribution in [0.1, 0.15) is 45.8 Å². The summed E-state index contributed by atoms with van der Waals surface area (Å²) in [5.74, 6) is 0. The van der Waals surface area contributed by atoms with Crippen LogP contribution in [0.15, 0.2) is 53.5 Å². The minimum atomic E-state index is -0.409. The van der Waals surface area contributed by atoms with Crippen molar-refractivity contribution >= 4 is 43.7 Å². The van der Waals surface area contributed by atoms with Gasteiger partial charge in [0.15, 0.2) is 0 Å². The molecule has 4 nitrogen and oxygen atoms in total. The van der Waals surface area contributed by atoms with Gasteiger partial charge < -0.3 is 10.1 Å². The number of aliphatic imine (C=N–C) groups is 1. The van der Waals surface area contributed by atoms with E-state index in [1.807, 2.05) is 38.1 Å². The fourth-order valence-electron chi connectivity index (χ4n) is 3.11. The Kier molecular flexibility index (Phi) is 6.71. The third kappa shape index (κ3) is 4.61. The molecule has 0 aliphatic heterocycles. The normalized spacial score (nSPS) is 20.0.